The smallest absolute Gasteiger partial charge is 0.234 e. The van der Waals surface area contributed by atoms with E-state index in [9.17, 15) is 14.3 Å². The van der Waals surface area contributed by atoms with Gasteiger partial charge in [-0.15, -0.1) is 16.9 Å². The van der Waals surface area contributed by atoms with E-state index in [1.807, 2.05) is 0 Å². The van der Waals surface area contributed by atoms with Crippen molar-refractivity contribution in [2.24, 2.45) is 0 Å². The third kappa shape index (κ3) is 3.83. The van der Waals surface area contributed by atoms with Crippen LogP contribution in [0.25, 0.3) is 5.69 Å². The predicted molar refractivity (Wildman–Crippen MR) is 105 cm³/mol. The van der Waals surface area contributed by atoms with Gasteiger partial charge < -0.3 is 10.0 Å². The zero-order chi connectivity index (χ0) is 19.5. The summed E-state index contributed by atoms with van der Waals surface area (Å²) in [5.74, 6) is 0.656. The Morgan fingerprint density at radius 3 is 2.82 bits per heavy atom. The minimum Gasteiger partial charge on any atom is -0.508 e. The van der Waals surface area contributed by atoms with E-state index in [-0.39, 0.29) is 28.6 Å². The molecule has 144 valence electrons. The molecule has 28 heavy (non-hydrogen) atoms. The highest BCUT2D eigenvalue weighted by Crippen LogP contribution is 2.39. The van der Waals surface area contributed by atoms with Crippen LogP contribution in [0.4, 0.5) is 4.39 Å². The van der Waals surface area contributed by atoms with Crippen molar-refractivity contribution in [1.29, 1.82) is 0 Å². The van der Waals surface area contributed by atoms with Gasteiger partial charge in [-0.05, 0) is 40.8 Å². The summed E-state index contributed by atoms with van der Waals surface area (Å²) in [7, 11) is 0. The number of carbonyl (C=O) groups excluding carboxylic acids is 1. The van der Waals surface area contributed by atoms with Gasteiger partial charge in [0.2, 0.25) is 11.1 Å². The first kappa shape index (κ1) is 18.8. The molecule has 1 fully saturated rings. The quantitative estimate of drug-likeness (QED) is 0.639. The number of hydrogen-bond acceptors (Lipinski definition) is 7. The fourth-order valence-corrected chi connectivity index (χ4v) is 4.97. The van der Waals surface area contributed by atoms with Crippen LogP contribution in [-0.2, 0) is 4.79 Å². The first-order chi connectivity index (χ1) is 13.6. The summed E-state index contributed by atoms with van der Waals surface area (Å²) in [5.41, 5.74) is 1.20. The molecular weight excluding hydrogens is 401 g/mol. The summed E-state index contributed by atoms with van der Waals surface area (Å²) < 4.78 is 15.7. The summed E-state index contributed by atoms with van der Waals surface area (Å²) in [6, 6.07) is 13.0. The SMILES string of the molecule is O=C(CSc1nnnn1-c1ccc(O)cc1)N1CCSC1c1ccccc1F. The van der Waals surface area contributed by atoms with E-state index in [1.165, 1.54) is 34.6 Å². The van der Waals surface area contributed by atoms with Crippen LogP contribution in [0.5, 0.6) is 5.75 Å². The van der Waals surface area contributed by atoms with Crippen LogP contribution in [0, 0.1) is 5.82 Å². The Morgan fingerprint density at radius 1 is 1.25 bits per heavy atom. The standard InChI is InChI=1S/C18H16FN5O2S2/c19-15-4-2-1-3-14(15)17-23(9-10-27-17)16(26)11-28-18-20-21-22-24(18)12-5-7-13(25)8-6-12/h1-8,17,25H,9-11H2. The van der Waals surface area contributed by atoms with Gasteiger partial charge in [-0.25, -0.2) is 4.39 Å². The van der Waals surface area contributed by atoms with Crippen LogP contribution in [0.1, 0.15) is 10.9 Å². The molecule has 0 radical (unpaired) electrons. The van der Waals surface area contributed by atoms with Gasteiger partial charge in [0, 0.05) is 17.9 Å². The van der Waals surface area contributed by atoms with Gasteiger partial charge in [-0.2, -0.15) is 4.68 Å². The lowest BCUT2D eigenvalue weighted by atomic mass is 10.2. The predicted octanol–water partition coefficient (Wildman–Crippen LogP) is 2.87. The molecule has 1 aliphatic heterocycles. The Bertz CT molecular complexity index is 982. The van der Waals surface area contributed by atoms with Crippen molar-refractivity contribution in [3.05, 3.63) is 59.9 Å². The van der Waals surface area contributed by atoms with E-state index < -0.39 is 0 Å². The van der Waals surface area contributed by atoms with Crippen LogP contribution < -0.4 is 0 Å². The Kier molecular flexibility index (Phi) is 5.49. The molecule has 2 aromatic carbocycles. The molecule has 1 amide bonds. The third-order valence-corrected chi connectivity index (χ3v) is 6.39. The summed E-state index contributed by atoms with van der Waals surface area (Å²) in [6.45, 7) is 0.575. The lowest BCUT2D eigenvalue weighted by molar-refractivity contribution is -0.128. The van der Waals surface area contributed by atoms with Crippen molar-refractivity contribution in [3.63, 3.8) is 0 Å². The summed E-state index contributed by atoms with van der Waals surface area (Å²) in [4.78, 5) is 14.5. The molecule has 0 spiro atoms. The molecule has 4 rings (SSSR count). The molecule has 2 heterocycles. The van der Waals surface area contributed by atoms with E-state index in [1.54, 1.807) is 47.0 Å². The Labute approximate surface area is 168 Å². The molecule has 7 nitrogen and oxygen atoms in total. The number of amides is 1. The van der Waals surface area contributed by atoms with Crippen molar-refractivity contribution in [2.75, 3.05) is 18.1 Å². The number of hydrogen-bond donors (Lipinski definition) is 1. The molecular formula is C18H16FN5O2S2. The van der Waals surface area contributed by atoms with Crippen molar-refractivity contribution >= 4 is 29.4 Å². The summed E-state index contributed by atoms with van der Waals surface area (Å²) in [5, 5.41) is 21.1. The van der Waals surface area contributed by atoms with Crippen molar-refractivity contribution in [1.82, 2.24) is 25.1 Å². The number of benzene rings is 2. The fraction of sp³-hybridized carbons (Fsp3) is 0.222. The lowest BCUT2D eigenvalue weighted by Gasteiger charge is -2.24. The molecule has 0 aliphatic carbocycles. The van der Waals surface area contributed by atoms with Gasteiger partial charge >= 0.3 is 0 Å². The van der Waals surface area contributed by atoms with Gasteiger partial charge in [0.05, 0.1) is 11.4 Å². The normalized spacial score (nSPS) is 16.5. The summed E-state index contributed by atoms with van der Waals surface area (Å²) >= 11 is 2.78. The number of nitrogens with zero attached hydrogens (tertiary/aromatic N) is 5. The van der Waals surface area contributed by atoms with Crippen LogP contribution >= 0.6 is 23.5 Å². The average Bonchev–Trinajstić information content (AvgIpc) is 3.37. The van der Waals surface area contributed by atoms with Crippen molar-refractivity contribution in [3.8, 4) is 11.4 Å². The maximum absolute atomic E-state index is 14.2. The van der Waals surface area contributed by atoms with Gasteiger partial charge in [-0.3, -0.25) is 4.79 Å². The molecule has 1 aliphatic rings. The lowest BCUT2D eigenvalue weighted by Crippen LogP contribution is -2.32. The number of phenols is 1. The number of carbonyl (C=O) groups is 1. The largest absolute Gasteiger partial charge is 0.508 e. The second-order valence-corrected chi connectivity index (χ2v) is 8.14. The highest BCUT2D eigenvalue weighted by Gasteiger charge is 2.32. The summed E-state index contributed by atoms with van der Waals surface area (Å²) in [6.07, 6.45) is 0. The third-order valence-electron chi connectivity index (χ3n) is 4.24. The number of rotatable bonds is 5. The Hall–Kier alpha value is -2.59. The maximum Gasteiger partial charge on any atom is 0.234 e. The second kappa shape index (κ2) is 8.19. The van der Waals surface area contributed by atoms with Crippen LogP contribution in [0.3, 0.4) is 0 Å². The average molecular weight is 417 g/mol. The monoisotopic (exact) mass is 417 g/mol. The van der Waals surface area contributed by atoms with Crippen molar-refractivity contribution < 1.29 is 14.3 Å². The number of halogens is 1. The minimum absolute atomic E-state index is 0.0940. The molecule has 0 saturated carbocycles. The molecule has 1 saturated heterocycles. The number of tetrazole rings is 1. The Balaban J connectivity index is 1.46. The zero-order valence-electron chi connectivity index (χ0n) is 14.6. The van der Waals surface area contributed by atoms with E-state index in [2.05, 4.69) is 15.5 Å². The highest BCUT2D eigenvalue weighted by atomic mass is 32.2. The van der Waals surface area contributed by atoms with Gasteiger partial charge in [0.1, 0.15) is 16.9 Å². The van der Waals surface area contributed by atoms with Gasteiger partial charge in [0.15, 0.2) is 0 Å². The maximum atomic E-state index is 14.2. The number of phenolic OH excluding ortho intramolecular Hbond substituents is 1. The molecule has 1 atom stereocenters. The van der Waals surface area contributed by atoms with Crippen LogP contribution in [0.15, 0.2) is 53.7 Å². The molecule has 10 heteroatoms. The fourth-order valence-electron chi connectivity index (χ4n) is 2.89. The minimum atomic E-state index is -0.317. The molecule has 1 unspecified atom stereocenters. The molecule has 0 bridgehead atoms. The van der Waals surface area contributed by atoms with Crippen LogP contribution in [-0.4, -0.2) is 54.2 Å². The van der Waals surface area contributed by atoms with Gasteiger partial charge in [0.25, 0.3) is 0 Å². The first-order valence-corrected chi connectivity index (χ1v) is 10.5. The number of aromatic nitrogens is 4. The second-order valence-electron chi connectivity index (χ2n) is 6.01. The molecule has 3 aromatic rings. The molecule has 1 N–H and O–H groups in total. The molecule has 1 aromatic heterocycles. The van der Waals surface area contributed by atoms with E-state index in [4.69, 9.17) is 0 Å². The van der Waals surface area contributed by atoms with Crippen LogP contribution in [0.2, 0.25) is 0 Å². The van der Waals surface area contributed by atoms with E-state index in [0.29, 0.717) is 23.0 Å². The van der Waals surface area contributed by atoms with E-state index >= 15 is 0 Å². The van der Waals surface area contributed by atoms with Gasteiger partial charge in [-0.1, -0.05) is 30.0 Å². The van der Waals surface area contributed by atoms with Crippen molar-refractivity contribution in [2.45, 2.75) is 10.5 Å². The van der Waals surface area contributed by atoms with E-state index in [0.717, 1.165) is 5.75 Å². The Morgan fingerprint density at radius 2 is 2.04 bits per heavy atom. The topological polar surface area (TPSA) is 84.1 Å². The highest BCUT2D eigenvalue weighted by molar-refractivity contribution is 8.00. The number of aromatic hydroxyl groups is 1. The zero-order valence-corrected chi connectivity index (χ0v) is 16.2. The number of thioether (sulfide) groups is 2. The first-order valence-electron chi connectivity index (χ1n) is 8.49.